The van der Waals surface area contributed by atoms with E-state index in [9.17, 15) is 4.79 Å². The van der Waals surface area contributed by atoms with Crippen LogP contribution in [0.4, 0.5) is 0 Å². The van der Waals surface area contributed by atoms with E-state index in [2.05, 4.69) is 5.10 Å². The molecule has 0 radical (unpaired) electrons. The van der Waals surface area contributed by atoms with Gasteiger partial charge in [0.05, 0.1) is 6.04 Å². The summed E-state index contributed by atoms with van der Waals surface area (Å²) in [4.78, 5) is 11.1. The van der Waals surface area contributed by atoms with E-state index in [0.717, 1.165) is 11.1 Å². The summed E-state index contributed by atoms with van der Waals surface area (Å²) in [6.07, 6.45) is 0. The van der Waals surface area contributed by atoms with E-state index < -0.39 is 5.97 Å². The van der Waals surface area contributed by atoms with Gasteiger partial charge in [0.15, 0.2) is 10.9 Å². The van der Waals surface area contributed by atoms with Crippen molar-refractivity contribution in [2.45, 2.75) is 33.7 Å². The van der Waals surface area contributed by atoms with Crippen LogP contribution in [0.1, 0.15) is 36.7 Å². The molecule has 0 aliphatic rings. The normalized spacial score (nSPS) is 12.3. The van der Waals surface area contributed by atoms with E-state index >= 15 is 0 Å². The van der Waals surface area contributed by atoms with Gasteiger partial charge in [-0.3, -0.25) is 4.79 Å². The Morgan fingerprint density at radius 3 is 2.57 bits per heavy atom. The van der Waals surface area contributed by atoms with Gasteiger partial charge in [0, 0.05) is 11.9 Å². The fraction of sp³-hybridized carbons (Fsp3) is 0.333. The molecule has 21 heavy (non-hydrogen) atoms. The molecule has 2 aromatic rings. The Bertz CT molecular complexity index is 695. The number of benzene rings is 1. The maximum atomic E-state index is 11.1. The molecule has 6 heteroatoms. The minimum Gasteiger partial charge on any atom is -0.421 e. The second kappa shape index (κ2) is 6.08. The first kappa shape index (κ1) is 15.9. The first-order chi connectivity index (χ1) is 9.81. The highest BCUT2D eigenvalue weighted by atomic mass is 35.5. The van der Waals surface area contributed by atoms with Crippen LogP contribution in [0, 0.1) is 13.8 Å². The van der Waals surface area contributed by atoms with Crippen molar-refractivity contribution in [2.24, 2.45) is 0 Å². The highest BCUT2D eigenvalue weighted by Crippen LogP contribution is 2.33. The van der Waals surface area contributed by atoms with E-state index in [1.54, 1.807) is 11.6 Å². The van der Waals surface area contributed by atoms with Crippen LogP contribution in [0.3, 0.4) is 0 Å². The number of hydrogen-bond donors (Lipinski definition) is 0. The van der Waals surface area contributed by atoms with Crippen molar-refractivity contribution in [1.29, 1.82) is 0 Å². The fourth-order valence-corrected chi connectivity index (χ4v) is 2.57. The molecular weight excluding hydrogens is 311 g/mol. The van der Waals surface area contributed by atoms with Crippen LogP contribution < -0.4 is 4.74 Å². The van der Waals surface area contributed by atoms with E-state index in [1.807, 2.05) is 32.0 Å². The average Bonchev–Trinajstić information content (AvgIpc) is 2.68. The fourth-order valence-electron chi connectivity index (χ4n) is 2.09. The van der Waals surface area contributed by atoms with Gasteiger partial charge in [-0.15, -0.1) is 0 Å². The van der Waals surface area contributed by atoms with Crippen LogP contribution >= 0.6 is 23.2 Å². The first-order valence-electron chi connectivity index (χ1n) is 6.50. The lowest BCUT2D eigenvalue weighted by molar-refractivity contribution is -0.131. The molecule has 0 aliphatic heterocycles. The van der Waals surface area contributed by atoms with Crippen molar-refractivity contribution in [1.82, 2.24) is 9.78 Å². The smallest absolute Gasteiger partial charge is 0.308 e. The summed E-state index contributed by atoms with van der Waals surface area (Å²) in [6, 6.07) is 5.67. The monoisotopic (exact) mass is 326 g/mol. The minimum absolute atomic E-state index is 0.100. The zero-order valence-corrected chi connectivity index (χ0v) is 13.8. The number of ether oxygens (including phenoxy) is 1. The number of rotatable bonds is 3. The van der Waals surface area contributed by atoms with Crippen molar-refractivity contribution in [3.05, 3.63) is 45.2 Å². The average molecular weight is 327 g/mol. The van der Waals surface area contributed by atoms with Crippen LogP contribution in [-0.2, 0) is 4.79 Å². The molecule has 0 aliphatic carbocycles. The van der Waals surface area contributed by atoms with Gasteiger partial charge in [-0.25, -0.2) is 4.68 Å². The molecule has 0 fully saturated rings. The van der Waals surface area contributed by atoms with E-state index in [-0.39, 0.29) is 6.04 Å². The Morgan fingerprint density at radius 2 is 2.00 bits per heavy atom. The van der Waals surface area contributed by atoms with Crippen molar-refractivity contribution in [2.75, 3.05) is 0 Å². The molecule has 0 spiro atoms. The van der Waals surface area contributed by atoms with Crippen LogP contribution in [0.25, 0.3) is 0 Å². The molecule has 4 nitrogen and oxygen atoms in total. The third kappa shape index (κ3) is 3.22. The number of aryl methyl sites for hydroxylation is 2. The summed E-state index contributed by atoms with van der Waals surface area (Å²) < 4.78 is 6.75. The SMILES string of the molecule is CC(=O)Oc1c(C)nn(C(C)c2ccc(Cl)c(C)c2)c1Cl. The number of carbonyl (C=O) groups excluding carboxylic acids is 1. The Hall–Kier alpha value is -1.52. The van der Waals surface area contributed by atoms with E-state index in [0.29, 0.717) is 21.6 Å². The summed E-state index contributed by atoms with van der Waals surface area (Å²) in [5, 5.41) is 5.39. The molecule has 1 atom stereocenters. The van der Waals surface area contributed by atoms with Crippen molar-refractivity contribution < 1.29 is 9.53 Å². The molecule has 0 saturated carbocycles. The summed E-state index contributed by atoms with van der Waals surface area (Å²) in [5.74, 6) is -0.115. The first-order valence-corrected chi connectivity index (χ1v) is 7.26. The lowest BCUT2D eigenvalue weighted by Gasteiger charge is -2.15. The Balaban J connectivity index is 2.41. The summed E-state index contributed by atoms with van der Waals surface area (Å²) in [7, 11) is 0. The van der Waals surface area contributed by atoms with Crippen molar-refractivity contribution >= 4 is 29.2 Å². The van der Waals surface area contributed by atoms with Gasteiger partial charge < -0.3 is 4.74 Å². The molecule has 1 unspecified atom stereocenters. The standard InChI is InChI=1S/C15H16Cl2N2O2/c1-8-7-12(5-6-13(8)16)10(3)19-15(17)14(9(2)18-19)21-11(4)20/h5-7,10H,1-4H3. The minimum atomic E-state index is -0.422. The van der Waals surface area contributed by atoms with Gasteiger partial charge in [-0.05, 0) is 38.0 Å². The second-order valence-corrected chi connectivity index (χ2v) is 5.69. The Labute approximate surface area is 133 Å². The quantitative estimate of drug-likeness (QED) is 0.788. The van der Waals surface area contributed by atoms with Crippen molar-refractivity contribution in [3.63, 3.8) is 0 Å². The van der Waals surface area contributed by atoms with Crippen LogP contribution in [0.15, 0.2) is 18.2 Å². The lowest BCUT2D eigenvalue weighted by Crippen LogP contribution is -2.09. The summed E-state index contributed by atoms with van der Waals surface area (Å²) in [6.45, 7) is 7.00. The zero-order chi connectivity index (χ0) is 15.7. The maximum Gasteiger partial charge on any atom is 0.308 e. The number of aromatic nitrogens is 2. The molecule has 2 rings (SSSR count). The molecule has 1 aromatic carbocycles. The molecule has 0 saturated heterocycles. The van der Waals surface area contributed by atoms with E-state index in [4.69, 9.17) is 27.9 Å². The molecule has 0 bridgehead atoms. The second-order valence-electron chi connectivity index (χ2n) is 4.93. The van der Waals surface area contributed by atoms with Crippen LogP contribution in [-0.4, -0.2) is 15.7 Å². The lowest BCUT2D eigenvalue weighted by atomic mass is 10.1. The third-order valence-corrected chi connectivity index (χ3v) is 4.02. The van der Waals surface area contributed by atoms with Gasteiger partial charge in [0.25, 0.3) is 0 Å². The third-order valence-electron chi connectivity index (χ3n) is 3.25. The molecule has 0 amide bonds. The molecule has 112 valence electrons. The predicted octanol–water partition coefficient (Wildman–Crippen LogP) is 4.34. The van der Waals surface area contributed by atoms with Gasteiger partial charge >= 0.3 is 5.97 Å². The van der Waals surface area contributed by atoms with Gasteiger partial charge in [0.2, 0.25) is 0 Å². The predicted molar refractivity (Wildman–Crippen MR) is 83.3 cm³/mol. The Kier molecular flexibility index (Phi) is 4.59. The maximum absolute atomic E-state index is 11.1. The summed E-state index contributed by atoms with van der Waals surface area (Å²) in [5.41, 5.74) is 2.59. The molecular formula is C15H16Cl2N2O2. The van der Waals surface area contributed by atoms with Crippen LogP contribution in [0.2, 0.25) is 10.2 Å². The van der Waals surface area contributed by atoms with Gasteiger partial charge in [-0.2, -0.15) is 5.10 Å². The van der Waals surface area contributed by atoms with Crippen LogP contribution in [0.5, 0.6) is 5.75 Å². The number of carbonyl (C=O) groups is 1. The Morgan fingerprint density at radius 1 is 1.33 bits per heavy atom. The number of esters is 1. The zero-order valence-electron chi connectivity index (χ0n) is 12.3. The molecule has 1 aromatic heterocycles. The molecule has 0 N–H and O–H groups in total. The highest BCUT2D eigenvalue weighted by Gasteiger charge is 2.21. The molecule has 1 heterocycles. The number of halogens is 2. The largest absolute Gasteiger partial charge is 0.421 e. The summed E-state index contributed by atoms with van der Waals surface area (Å²) >= 11 is 12.3. The van der Waals surface area contributed by atoms with E-state index in [1.165, 1.54) is 6.92 Å². The van der Waals surface area contributed by atoms with Gasteiger partial charge in [0.1, 0.15) is 5.69 Å². The van der Waals surface area contributed by atoms with Gasteiger partial charge in [-0.1, -0.05) is 35.3 Å². The highest BCUT2D eigenvalue weighted by molar-refractivity contribution is 6.31. The topological polar surface area (TPSA) is 44.1 Å². The number of nitrogens with zero attached hydrogens (tertiary/aromatic N) is 2. The van der Waals surface area contributed by atoms with Crippen molar-refractivity contribution in [3.8, 4) is 5.75 Å². The number of hydrogen-bond acceptors (Lipinski definition) is 3.